The molecule has 1 aromatic carbocycles. The summed E-state index contributed by atoms with van der Waals surface area (Å²) in [4.78, 5) is 0. The predicted octanol–water partition coefficient (Wildman–Crippen LogP) is 3.38. The van der Waals surface area contributed by atoms with E-state index >= 15 is 0 Å². The second kappa shape index (κ2) is 5.74. The molecule has 0 saturated heterocycles. The van der Waals surface area contributed by atoms with E-state index in [-0.39, 0.29) is 12.1 Å². The van der Waals surface area contributed by atoms with E-state index in [1.165, 1.54) is 0 Å². The van der Waals surface area contributed by atoms with Gasteiger partial charge in [-0.1, -0.05) is 18.2 Å². The van der Waals surface area contributed by atoms with Gasteiger partial charge in [0.2, 0.25) is 0 Å². The summed E-state index contributed by atoms with van der Waals surface area (Å²) in [5.74, 6) is 0.910. The Kier molecular flexibility index (Phi) is 4.05. The Bertz CT molecular complexity index is 477. The summed E-state index contributed by atoms with van der Waals surface area (Å²) in [6.07, 6.45) is 3.60. The Hall–Kier alpha value is -1.74. The first-order valence-corrected chi connectivity index (χ1v) is 6.17. The van der Waals surface area contributed by atoms with Crippen LogP contribution in [-0.2, 0) is 0 Å². The lowest BCUT2D eigenvalue weighted by atomic mass is 10.0. The van der Waals surface area contributed by atoms with E-state index in [9.17, 15) is 0 Å². The van der Waals surface area contributed by atoms with Crippen molar-refractivity contribution in [3.05, 3.63) is 54.0 Å². The highest BCUT2D eigenvalue weighted by Gasteiger charge is 2.17. The summed E-state index contributed by atoms with van der Waals surface area (Å²) in [6, 6.07) is 10.1. The first kappa shape index (κ1) is 12.7. The summed E-state index contributed by atoms with van der Waals surface area (Å²) in [5.41, 5.74) is 2.22. The molecule has 18 heavy (non-hydrogen) atoms. The molecule has 0 saturated carbocycles. The monoisotopic (exact) mass is 245 g/mol. The van der Waals surface area contributed by atoms with Crippen molar-refractivity contribution in [2.24, 2.45) is 0 Å². The van der Waals surface area contributed by atoms with E-state index in [0.29, 0.717) is 0 Å². The Balaban J connectivity index is 2.36. The Morgan fingerprint density at radius 3 is 2.56 bits per heavy atom. The number of hydrogen-bond donors (Lipinski definition) is 1. The number of rotatable bonds is 5. The van der Waals surface area contributed by atoms with Gasteiger partial charge in [0.15, 0.2) is 0 Å². The maximum Gasteiger partial charge on any atom is 0.124 e. The van der Waals surface area contributed by atoms with E-state index in [1.54, 1.807) is 12.5 Å². The van der Waals surface area contributed by atoms with E-state index < -0.39 is 0 Å². The van der Waals surface area contributed by atoms with Gasteiger partial charge in [-0.15, -0.1) is 0 Å². The molecule has 0 aliphatic heterocycles. The van der Waals surface area contributed by atoms with Gasteiger partial charge >= 0.3 is 0 Å². The number of furan rings is 1. The van der Waals surface area contributed by atoms with Crippen molar-refractivity contribution in [1.29, 1.82) is 0 Å². The molecule has 1 unspecified atom stereocenters. The van der Waals surface area contributed by atoms with Gasteiger partial charge in [-0.2, -0.15) is 0 Å². The van der Waals surface area contributed by atoms with Gasteiger partial charge in [0.05, 0.1) is 24.7 Å². The second-order valence-corrected chi connectivity index (χ2v) is 4.48. The third-order valence-electron chi connectivity index (χ3n) is 2.76. The summed E-state index contributed by atoms with van der Waals surface area (Å²) < 4.78 is 11.0. The maximum absolute atomic E-state index is 5.86. The molecule has 96 valence electrons. The van der Waals surface area contributed by atoms with Crippen molar-refractivity contribution in [3.63, 3.8) is 0 Å². The molecule has 3 heteroatoms. The fourth-order valence-electron chi connectivity index (χ4n) is 2.02. The van der Waals surface area contributed by atoms with Crippen LogP contribution in [0.3, 0.4) is 0 Å². The van der Waals surface area contributed by atoms with Crippen LogP contribution in [0.15, 0.2) is 47.3 Å². The predicted molar refractivity (Wildman–Crippen MR) is 71.8 cm³/mol. The first-order valence-electron chi connectivity index (χ1n) is 6.17. The van der Waals surface area contributed by atoms with Crippen LogP contribution in [0.5, 0.6) is 5.75 Å². The van der Waals surface area contributed by atoms with Crippen molar-refractivity contribution in [2.45, 2.75) is 26.0 Å². The smallest absolute Gasteiger partial charge is 0.124 e. The third-order valence-corrected chi connectivity index (χ3v) is 2.76. The summed E-state index contributed by atoms with van der Waals surface area (Å²) >= 11 is 0. The molecule has 0 amide bonds. The molecule has 0 aliphatic carbocycles. The molecule has 0 bridgehead atoms. The highest BCUT2D eigenvalue weighted by Crippen LogP contribution is 2.30. The molecule has 2 aromatic rings. The lowest BCUT2D eigenvalue weighted by Crippen LogP contribution is -2.19. The van der Waals surface area contributed by atoms with Gasteiger partial charge in [-0.3, -0.25) is 0 Å². The van der Waals surface area contributed by atoms with Crippen LogP contribution in [0.4, 0.5) is 0 Å². The van der Waals surface area contributed by atoms with E-state index in [0.717, 1.165) is 16.9 Å². The molecular weight excluding hydrogens is 226 g/mol. The molecule has 1 N–H and O–H groups in total. The van der Waals surface area contributed by atoms with Crippen molar-refractivity contribution >= 4 is 0 Å². The van der Waals surface area contributed by atoms with Crippen molar-refractivity contribution < 1.29 is 9.15 Å². The van der Waals surface area contributed by atoms with E-state index in [2.05, 4.69) is 11.4 Å². The molecule has 3 nitrogen and oxygen atoms in total. The highest BCUT2D eigenvalue weighted by atomic mass is 16.5. The van der Waals surface area contributed by atoms with Gasteiger partial charge in [-0.05, 0) is 33.0 Å². The zero-order valence-corrected chi connectivity index (χ0v) is 11.0. The van der Waals surface area contributed by atoms with Gasteiger partial charge in [0.1, 0.15) is 5.75 Å². The quantitative estimate of drug-likeness (QED) is 0.877. The maximum atomic E-state index is 5.86. The molecule has 0 fully saturated rings. The number of benzene rings is 1. The Morgan fingerprint density at radius 2 is 1.94 bits per heavy atom. The summed E-state index contributed by atoms with van der Waals surface area (Å²) in [5, 5.41) is 3.29. The fraction of sp³-hybridized carbons (Fsp3) is 0.333. The number of ether oxygens (including phenoxy) is 1. The standard InChI is InChI=1S/C15H19NO2/c1-11(2)18-14-7-5-4-6-13(14)15(16-3)12-8-9-17-10-12/h4-11,15-16H,1-3H3. The first-order chi connectivity index (χ1) is 8.72. The molecule has 0 radical (unpaired) electrons. The zero-order chi connectivity index (χ0) is 13.0. The lowest BCUT2D eigenvalue weighted by molar-refractivity contribution is 0.238. The van der Waals surface area contributed by atoms with Gasteiger partial charge in [-0.25, -0.2) is 0 Å². The largest absolute Gasteiger partial charge is 0.491 e. The zero-order valence-electron chi connectivity index (χ0n) is 11.0. The molecule has 0 aliphatic rings. The third kappa shape index (κ3) is 2.74. The minimum absolute atomic E-state index is 0.0821. The van der Waals surface area contributed by atoms with Gasteiger partial charge in [0, 0.05) is 11.1 Å². The fourth-order valence-corrected chi connectivity index (χ4v) is 2.02. The Labute approximate surface area is 108 Å². The molecular formula is C15H19NO2. The average molecular weight is 245 g/mol. The minimum atomic E-state index is 0.0821. The van der Waals surface area contributed by atoms with Crippen LogP contribution >= 0.6 is 0 Å². The van der Waals surface area contributed by atoms with Crippen LogP contribution in [0, 0.1) is 0 Å². The normalized spacial score (nSPS) is 12.7. The average Bonchev–Trinajstić information content (AvgIpc) is 2.85. The van der Waals surface area contributed by atoms with Crippen molar-refractivity contribution in [3.8, 4) is 5.75 Å². The highest BCUT2D eigenvalue weighted by molar-refractivity contribution is 5.40. The van der Waals surface area contributed by atoms with Crippen LogP contribution in [0.1, 0.15) is 31.0 Å². The molecule has 0 spiro atoms. The van der Waals surface area contributed by atoms with Crippen LogP contribution in [0.25, 0.3) is 0 Å². The minimum Gasteiger partial charge on any atom is -0.491 e. The summed E-state index contributed by atoms with van der Waals surface area (Å²) in [6.45, 7) is 4.06. The van der Waals surface area contributed by atoms with Gasteiger partial charge in [0.25, 0.3) is 0 Å². The topological polar surface area (TPSA) is 34.4 Å². The van der Waals surface area contributed by atoms with E-state index in [1.807, 2.05) is 45.2 Å². The van der Waals surface area contributed by atoms with Crippen LogP contribution in [-0.4, -0.2) is 13.2 Å². The molecule has 1 atom stereocenters. The number of para-hydroxylation sites is 1. The molecule has 2 rings (SSSR count). The van der Waals surface area contributed by atoms with Gasteiger partial charge < -0.3 is 14.5 Å². The number of hydrogen-bond acceptors (Lipinski definition) is 3. The molecule has 1 heterocycles. The van der Waals surface area contributed by atoms with E-state index in [4.69, 9.17) is 9.15 Å². The second-order valence-electron chi connectivity index (χ2n) is 4.48. The lowest BCUT2D eigenvalue weighted by Gasteiger charge is -2.20. The Morgan fingerprint density at radius 1 is 1.17 bits per heavy atom. The SMILES string of the molecule is CNC(c1ccoc1)c1ccccc1OC(C)C. The molecule has 1 aromatic heterocycles. The van der Waals surface area contributed by atoms with Crippen molar-refractivity contribution in [2.75, 3.05) is 7.05 Å². The summed E-state index contributed by atoms with van der Waals surface area (Å²) in [7, 11) is 1.93. The van der Waals surface area contributed by atoms with Crippen LogP contribution < -0.4 is 10.1 Å². The van der Waals surface area contributed by atoms with Crippen LogP contribution in [0.2, 0.25) is 0 Å². The van der Waals surface area contributed by atoms with Crippen molar-refractivity contribution in [1.82, 2.24) is 5.32 Å². The number of nitrogens with one attached hydrogen (secondary N) is 1.